The van der Waals surface area contributed by atoms with Crippen molar-refractivity contribution in [3.63, 3.8) is 0 Å². The molecule has 1 aliphatic rings. The van der Waals surface area contributed by atoms with E-state index in [9.17, 15) is 13.2 Å². The van der Waals surface area contributed by atoms with Crippen molar-refractivity contribution in [3.8, 4) is 11.5 Å². The molecule has 0 radical (unpaired) electrons. The van der Waals surface area contributed by atoms with Gasteiger partial charge in [-0.2, -0.15) is 0 Å². The van der Waals surface area contributed by atoms with Crippen molar-refractivity contribution in [1.29, 1.82) is 0 Å². The molecule has 146 valence electrons. The molecule has 0 bridgehead atoms. The zero-order chi connectivity index (χ0) is 18.6. The fourth-order valence-corrected chi connectivity index (χ4v) is 3.46. The summed E-state index contributed by atoms with van der Waals surface area (Å²) in [7, 11) is -3.22. The average molecular weight is 411 g/mol. The smallest absolute Gasteiger partial charge is 0.227 e. The van der Waals surface area contributed by atoms with Crippen LogP contribution in [0, 0.1) is 5.92 Å². The van der Waals surface area contributed by atoms with Crippen LogP contribution in [0.5, 0.6) is 11.5 Å². The van der Waals surface area contributed by atoms with Crippen molar-refractivity contribution in [3.05, 3.63) is 48.5 Å². The van der Waals surface area contributed by atoms with Gasteiger partial charge in [-0.3, -0.25) is 4.79 Å². The van der Waals surface area contributed by atoms with Crippen molar-refractivity contribution in [2.75, 3.05) is 24.7 Å². The zero-order valence-corrected chi connectivity index (χ0v) is 16.6. The van der Waals surface area contributed by atoms with Crippen LogP contribution >= 0.6 is 12.4 Å². The van der Waals surface area contributed by atoms with Crippen LogP contribution < -0.4 is 15.4 Å². The number of anilines is 1. The second kappa shape index (κ2) is 9.21. The van der Waals surface area contributed by atoms with Crippen LogP contribution in [-0.2, 0) is 14.6 Å². The predicted molar refractivity (Wildman–Crippen MR) is 108 cm³/mol. The van der Waals surface area contributed by atoms with Crippen molar-refractivity contribution in [2.24, 2.45) is 5.92 Å². The molecule has 0 aliphatic carbocycles. The number of ether oxygens (including phenoxy) is 1. The maximum atomic E-state index is 12.2. The highest BCUT2D eigenvalue weighted by Crippen LogP contribution is 2.25. The van der Waals surface area contributed by atoms with Gasteiger partial charge < -0.3 is 15.4 Å². The van der Waals surface area contributed by atoms with Crippen LogP contribution in [0.1, 0.15) is 12.8 Å². The van der Waals surface area contributed by atoms with Gasteiger partial charge in [0, 0.05) is 17.9 Å². The molecule has 0 saturated carbocycles. The molecule has 0 atom stereocenters. The first kappa shape index (κ1) is 21.2. The highest BCUT2D eigenvalue weighted by atomic mass is 35.5. The van der Waals surface area contributed by atoms with Crippen molar-refractivity contribution in [2.45, 2.75) is 17.7 Å². The van der Waals surface area contributed by atoms with E-state index in [4.69, 9.17) is 4.74 Å². The largest absolute Gasteiger partial charge is 0.457 e. The number of sulfone groups is 1. The van der Waals surface area contributed by atoms with E-state index in [2.05, 4.69) is 10.6 Å². The van der Waals surface area contributed by atoms with E-state index in [1.165, 1.54) is 18.4 Å². The molecule has 0 aromatic heterocycles. The molecule has 1 amide bonds. The number of benzene rings is 2. The minimum Gasteiger partial charge on any atom is -0.457 e. The Kier molecular flexibility index (Phi) is 7.24. The maximum Gasteiger partial charge on any atom is 0.227 e. The molecule has 2 aromatic rings. The SMILES string of the molecule is CS(=O)(=O)c1ccc(Oc2ccc(NC(=O)C3CCNCC3)cc2)cc1.Cl. The summed E-state index contributed by atoms with van der Waals surface area (Å²) in [5, 5.41) is 6.18. The molecule has 6 nitrogen and oxygen atoms in total. The van der Waals surface area contributed by atoms with Crippen molar-refractivity contribution < 1.29 is 17.9 Å². The lowest BCUT2D eigenvalue weighted by Crippen LogP contribution is -2.34. The minimum atomic E-state index is -3.22. The first-order valence-corrected chi connectivity index (χ1v) is 10.4. The highest BCUT2D eigenvalue weighted by molar-refractivity contribution is 7.90. The number of hydrogen-bond acceptors (Lipinski definition) is 5. The topological polar surface area (TPSA) is 84.5 Å². The normalized spacial score (nSPS) is 14.9. The van der Waals surface area contributed by atoms with Gasteiger partial charge in [0.25, 0.3) is 0 Å². The van der Waals surface area contributed by atoms with Gasteiger partial charge in [0.1, 0.15) is 11.5 Å². The molecule has 8 heteroatoms. The van der Waals surface area contributed by atoms with Gasteiger partial charge in [0.2, 0.25) is 5.91 Å². The van der Waals surface area contributed by atoms with Crippen LogP contribution in [0.25, 0.3) is 0 Å². The summed E-state index contributed by atoms with van der Waals surface area (Å²) in [6.45, 7) is 1.76. The Labute approximate surface area is 165 Å². The number of nitrogens with one attached hydrogen (secondary N) is 2. The average Bonchev–Trinajstić information content (AvgIpc) is 2.64. The third kappa shape index (κ3) is 5.95. The second-order valence-corrected chi connectivity index (χ2v) is 8.40. The van der Waals surface area contributed by atoms with E-state index < -0.39 is 9.84 Å². The van der Waals surface area contributed by atoms with E-state index in [0.717, 1.165) is 31.6 Å². The number of carbonyl (C=O) groups excluding carboxylic acids is 1. The number of piperidine rings is 1. The molecule has 1 saturated heterocycles. The molecular weight excluding hydrogens is 388 g/mol. The number of carbonyl (C=O) groups is 1. The lowest BCUT2D eigenvalue weighted by Gasteiger charge is -2.21. The molecule has 0 spiro atoms. The molecule has 1 fully saturated rings. The van der Waals surface area contributed by atoms with Gasteiger partial charge >= 0.3 is 0 Å². The zero-order valence-electron chi connectivity index (χ0n) is 15.0. The summed E-state index contributed by atoms with van der Waals surface area (Å²) < 4.78 is 28.6. The first-order chi connectivity index (χ1) is 12.4. The molecule has 1 heterocycles. The standard InChI is InChI=1S/C19H22N2O4S.ClH/c1-26(23,24)18-8-6-17(7-9-18)25-16-4-2-15(3-5-16)21-19(22)14-10-12-20-13-11-14;/h2-9,14,20H,10-13H2,1H3,(H,21,22);1H. The maximum absolute atomic E-state index is 12.2. The summed E-state index contributed by atoms with van der Waals surface area (Å²) in [5.74, 6) is 1.26. The van der Waals surface area contributed by atoms with Crippen LogP contribution in [0.15, 0.2) is 53.4 Å². The van der Waals surface area contributed by atoms with Crippen LogP contribution in [0.3, 0.4) is 0 Å². The molecule has 2 N–H and O–H groups in total. The Hall–Kier alpha value is -2.09. The number of rotatable bonds is 5. The summed E-state index contributed by atoms with van der Waals surface area (Å²) in [5.41, 5.74) is 0.730. The Balaban J connectivity index is 0.00000261. The van der Waals surface area contributed by atoms with E-state index in [1.807, 2.05) is 0 Å². The third-order valence-corrected chi connectivity index (χ3v) is 5.45. The van der Waals surface area contributed by atoms with E-state index >= 15 is 0 Å². The highest BCUT2D eigenvalue weighted by Gasteiger charge is 2.20. The van der Waals surface area contributed by atoms with E-state index in [-0.39, 0.29) is 29.1 Å². The Bertz CT molecular complexity index is 862. The van der Waals surface area contributed by atoms with Gasteiger partial charge in [-0.1, -0.05) is 0 Å². The summed E-state index contributed by atoms with van der Waals surface area (Å²) in [6, 6.07) is 13.4. The summed E-state index contributed by atoms with van der Waals surface area (Å²) in [4.78, 5) is 12.5. The molecule has 0 unspecified atom stereocenters. The third-order valence-electron chi connectivity index (χ3n) is 4.32. The molecule has 1 aliphatic heterocycles. The van der Waals surface area contributed by atoms with Crippen LogP contribution in [0.4, 0.5) is 5.69 Å². The molecule has 2 aromatic carbocycles. The number of amides is 1. The minimum absolute atomic E-state index is 0. The van der Waals surface area contributed by atoms with Crippen LogP contribution in [0.2, 0.25) is 0 Å². The van der Waals surface area contributed by atoms with Gasteiger partial charge in [0.05, 0.1) is 4.90 Å². The van der Waals surface area contributed by atoms with Crippen LogP contribution in [-0.4, -0.2) is 33.7 Å². The van der Waals surface area contributed by atoms with Crippen molar-refractivity contribution >= 4 is 33.8 Å². The fourth-order valence-electron chi connectivity index (χ4n) is 2.83. The number of halogens is 1. The predicted octanol–water partition coefficient (Wildman–Crippen LogP) is 3.24. The fraction of sp³-hybridized carbons (Fsp3) is 0.316. The Morgan fingerprint density at radius 1 is 1.00 bits per heavy atom. The molecular formula is C19H23ClN2O4S. The van der Waals surface area contributed by atoms with E-state index in [1.54, 1.807) is 36.4 Å². The second-order valence-electron chi connectivity index (χ2n) is 6.38. The van der Waals surface area contributed by atoms with Gasteiger partial charge in [-0.25, -0.2) is 8.42 Å². The van der Waals surface area contributed by atoms with Gasteiger partial charge in [-0.05, 0) is 74.5 Å². The van der Waals surface area contributed by atoms with Crippen molar-refractivity contribution in [1.82, 2.24) is 5.32 Å². The quantitative estimate of drug-likeness (QED) is 0.790. The van der Waals surface area contributed by atoms with E-state index in [0.29, 0.717) is 11.5 Å². The molecule has 3 rings (SSSR count). The Morgan fingerprint density at radius 2 is 1.52 bits per heavy atom. The molecule has 27 heavy (non-hydrogen) atoms. The summed E-state index contributed by atoms with van der Waals surface area (Å²) >= 11 is 0. The number of hydrogen-bond donors (Lipinski definition) is 2. The monoisotopic (exact) mass is 410 g/mol. The van der Waals surface area contributed by atoms with Gasteiger partial charge in [0.15, 0.2) is 9.84 Å². The summed E-state index contributed by atoms with van der Waals surface area (Å²) in [6.07, 6.45) is 2.88. The van der Waals surface area contributed by atoms with Gasteiger partial charge in [-0.15, -0.1) is 12.4 Å². The Morgan fingerprint density at radius 3 is 2.04 bits per heavy atom. The lowest BCUT2D eigenvalue weighted by molar-refractivity contribution is -0.120. The lowest BCUT2D eigenvalue weighted by atomic mass is 9.97. The first-order valence-electron chi connectivity index (χ1n) is 8.51.